The minimum absolute atomic E-state index is 0.201. The molecule has 0 aliphatic carbocycles. The number of pyridine rings is 1. The highest BCUT2D eigenvalue weighted by molar-refractivity contribution is 9.10. The van der Waals surface area contributed by atoms with Gasteiger partial charge < -0.3 is 11.1 Å². The Morgan fingerprint density at radius 3 is 2.65 bits per heavy atom. The molecule has 0 aliphatic heterocycles. The number of hydrogen-bond acceptors (Lipinski definition) is 3. The molecule has 1 aromatic heterocycles. The van der Waals surface area contributed by atoms with Crippen LogP contribution in [0.2, 0.25) is 0 Å². The van der Waals surface area contributed by atoms with Gasteiger partial charge in [0.2, 0.25) is 0 Å². The predicted octanol–water partition coefficient (Wildman–Crippen LogP) is 3.80. The molecule has 0 atom stereocenters. The van der Waals surface area contributed by atoms with Crippen molar-refractivity contribution in [2.24, 2.45) is 0 Å². The van der Waals surface area contributed by atoms with Crippen molar-refractivity contribution in [3.05, 3.63) is 52.1 Å². The number of benzene rings is 1. The Hall–Kier alpha value is -1.88. The third-order valence-electron chi connectivity index (χ3n) is 2.84. The van der Waals surface area contributed by atoms with Crippen LogP contribution < -0.4 is 11.1 Å². The van der Waals surface area contributed by atoms with E-state index >= 15 is 0 Å². The monoisotopic (exact) mass is 333 g/mol. The fraction of sp³-hybridized carbons (Fsp3) is 0.200. The smallest absolute Gasteiger partial charge is 0.255 e. The van der Waals surface area contributed by atoms with Crippen molar-refractivity contribution in [2.45, 2.75) is 19.8 Å². The molecule has 5 heteroatoms. The highest BCUT2D eigenvalue weighted by atomic mass is 79.9. The quantitative estimate of drug-likeness (QED) is 0.897. The van der Waals surface area contributed by atoms with E-state index < -0.39 is 0 Å². The maximum atomic E-state index is 12.3. The summed E-state index contributed by atoms with van der Waals surface area (Å²) in [5.41, 5.74) is 7.80. The average Bonchev–Trinajstić information content (AvgIpc) is 2.40. The van der Waals surface area contributed by atoms with Crippen LogP contribution in [0.4, 0.5) is 11.5 Å². The van der Waals surface area contributed by atoms with Crippen molar-refractivity contribution in [3.8, 4) is 0 Å². The predicted molar refractivity (Wildman–Crippen MR) is 84.8 cm³/mol. The van der Waals surface area contributed by atoms with Gasteiger partial charge in [-0.05, 0) is 46.1 Å². The number of halogens is 1. The molecule has 4 nitrogen and oxygen atoms in total. The summed E-state index contributed by atoms with van der Waals surface area (Å²) in [6, 6.07) is 10.8. The molecule has 3 N–H and O–H groups in total. The zero-order chi connectivity index (χ0) is 14.7. The van der Waals surface area contributed by atoms with Crippen molar-refractivity contribution in [1.29, 1.82) is 0 Å². The first-order chi connectivity index (χ1) is 9.47. The molecule has 0 radical (unpaired) electrons. The molecule has 104 valence electrons. The Kier molecular flexibility index (Phi) is 4.39. The van der Waals surface area contributed by atoms with Crippen LogP contribution in [0.25, 0.3) is 0 Å². The van der Waals surface area contributed by atoms with Gasteiger partial charge in [0.15, 0.2) is 0 Å². The number of aromatic nitrogens is 1. The molecular weight excluding hydrogens is 318 g/mol. The zero-order valence-electron chi connectivity index (χ0n) is 11.4. The molecule has 1 amide bonds. The van der Waals surface area contributed by atoms with E-state index in [9.17, 15) is 4.79 Å². The molecule has 1 heterocycles. The van der Waals surface area contributed by atoms with E-state index in [-0.39, 0.29) is 11.8 Å². The highest BCUT2D eigenvalue weighted by Crippen LogP contribution is 2.23. The third kappa shape index (κ3) is 3.36. The lowest BCUT2D eigenvalue weighted by atomic mass is 10.1. The fourth-order valence-corrected chi connectivity index (χ4v) is 2.14. The fourth-order valence-electron chi connectivity index (χ4n) is 1.76. The van der Waals surface area contributed by atoms with Gasteiger partial charge >= 0.3 is 0 Å². The number of amides is 1. The second kappa shape index (κ2) is 6.05. The lowest BCUT2D eigenvalue weighted by molar-refractivity contribution is 0.102. The first kappa shape index (κ1) is 14.5. The number of carbonyl (C=O) groups is 1. The molecule has 0 saturated heterocycles. The molecule has 0 unspecified atom stereocenters. The second-order valence-corrected chi connectivity index (χ2v) is 5.65. The van der Waals surface area contributed by atoms with E-state index in [2.05, 4.69) is 26.2 Å². The van der Waals surface area contributed by atoms with Crippen LogP contribution in [0.3, 0.4) is 0 Å². The molecule has 0 spiro atoms. The number of anilines is 2. The van der Waals surface area contributed by atoms with Gasteiger partial charge in [0.05, 0.1) is 5.69 Å². The van der Waals surface area contributed by atoms with Crippen molar-refractivity contribution in [2.75, 3.05) is 11.1 Å². The largest absolute Gasteiger partial charge is 0.384 e. The summed E-state index contributed by atoms with van der Waals surface area (Å²) in [4.78, 5) is 16.5. The minimum atomic E-state index is -0.201. The van der Waals surface area contributed by atoms with E-state index in [1.165, 1.54) is 0 Å². The molecule has 2 aromatic rings. The number of para-hydroxylation sites is 1. The first-order valence-electron chi connectivity index (χ1n) is 6.30. The van der Waals surface area contributed by atoms with Gasteiger partial charge in [0, 0.05) is 15.7 Å². The van der Waals surface area contributed by atoms with E-state index in [1.807, 2.05) is 38.1 Å². The Bertz CT molecular complexity index is 641. The molecule has 0 bridgehead atoms. The van der Waals surface area contributed by atoms with Gasteiger partial charge in [-0.2, -0.15) is 0 Å². The lowest BCUT2D eigenvalue weighted by Gasteiger charge is -2.10. The molecule has 0 fully saturated rings. The van der Waals surface area contributed by atoms with Crippen molar-refractivity contribution < 1.29 is 4.79 Å². The maximum Gasteiger partial charge on any atom is 0.255 e. The molecule has 0 aliphatic rings. The number of hydrogen-bond donors (Lipinski definition) is 2. The summed E-state index contributed by atoms with van der Waals surface area (Å²) in [6.45, 7) is 4.02. The standard InChI is InChI=1S/C15H16BrN3O/c1-9(2)13-7-10(8-14(17)18-13)15(20)19-12-6-4-3-5-11(12)16/h3-9H,1-2H3,(H2,17,18)(H,19,20). The van der Waals surface area contributed by atoms with Crippen LogP contribution in [-0.2, 0) is 0 Å². The van der Waals surface area contributed by atoms with Crippen LogP contribution >= 0.6 is 15.9 Å². The summed E-state index contributed by atoms with van der Waals surface area (Å²) in [6.07, 6.45) is 0. The molecule has 20 heavy (non-hydrogen) atoms. The summed E-state index contributed by atoms with van der Waals surface area (Å²) < 4.78 is 0.833. The summed E-state index contributed by atoms with van der Waals surface area (Å²) in [5, 5.41) is 2.85. The normalized spacial score (nSPS) is 10.6. The van der Waals surface area contributed by atoms with E-state index in [1.54, 1.807) is 12.1 Å². The van der Waals surface area contributed by atoms with E-state index in [4.69, 9.17) is 5.73 Å². The zero-order valence-corrected chi connectivity index (χ0v) is 12.9. The van der Waals surface area contributed by atoms with E-state index in [0.29, 0.717) is 11.4 Å². The highest BCUT2D eigenvalue weighted by Gasteiger charge is 2.12. The van der Waals surface area contributed by atoms with Crippen LogP contribution in [-0.4, -0.2) is 10.9 Å². The number of rotatable bonds is 3. The maximum absolute atomic E-state index is 12.3. The summed E-state index contributed by atoms with van der Waals surface area (Å²) >= 11 is 3.40. The number of nitrogens with zero attached hydrogens (tertiary/aromatic N) is 1. The van der Waals surface area contributed by atoms with Crippen molar-refractivity contribution in [3.63, 3.8) is 0 Å². The van der Waals surface area contributed by atoms with Gasteiger partial charge in [0.25, 0.3) is 5.91 Å². The van der Waals surface area contributed by atoms with Crippen molar-refractivity contribution >= 4 is 33.3 Å². The van der Waals surface area contributed by atoms with Gasteiger partial charge in [-0.15, -0.1) is 0 Å². The van der Waals surface area contributed by atoms with Crippen molar-refractivity contribution in [1.82, 2.24) is 4.98 Å². The van der Waals surface area contributed by atoms with E-state index in [0.717, 1.165) is 15.9 Å². The van der Waals surface area contributed by atoms with Crippen LogP contribution in [0.5, 0.6) is 0 Å². The van der Waals surface area contributed by atoms with Gasteiger partial charge in [-0.1, -0.05) is 26.0 Å². The number of nitrogens with one attached hydrogen (secondary N) is 1. The van der Waals surface area contributed by atoms with Gasteiger partial charge in [-0.3, -0.25) is 4.79 Å². The summed E-state index contributed by atoms with van der Waals surface area (Å²) in [7, 11) is 0. The molecule has 0 saturated carbocycles. The Balaban J connectivity index is 2.28. The number of nitrogen functional groups attached to an aromatic ring is 1. The molecular formula is C15H16BrN3O. The SMILES string of the molecule is CC(C)c1cc(C(=O)Nc2ccccc2Br)cc(N)n1. The Morgan fingerprint density at radius 1 is 1.30 bits per heavy atom. The molecule has 1 aromatic carbocycles. The first-order valence-corrected chi connectivity index (χ1v) is 7.10. The minimum Gasteiger partial charge on any atom is -0.384 e. The topological polar surface area (TPSA) is 68.0 Å². The lowest BCUT2D eigenvalue weighted by Crippen LogP contribution is -2.14. The third-order valence-corrected chi connectivity index (χ3v) is 3.53. The average molecular weight is 334 g/mol. The Labute approximate surface area is 126 Å². The summed E-state index contributed by atoms with van der Waals surface area (Å²) in [5.74, 6) is 0.370. The van der Waals surface area contributed by atoms with Crippen LogP contribution in [0, 0.1) is 0 Å². The Morgan fingerprint density at radius 2 is 2.00 bits per heavy atom. The van der Waals surface area contributed by atoms with Crippen LogP contribution in [0.15, 0.2) is 40.9 Å². The van der Waals surface area contributed by atoms with Gasteiger partial charge in [0.1, 0.15) is 5.82 Å². The molecule has 2 rings (SSSR count). The van der Waals surface area contributed by atoms with Gasteiger partial charge in [-0.25, -0.2) is 4.98 Å². The number of nitrogens with two attached hydrogens (primary N) is 1. The van der Waals surface area contributed by atoms with Crippen LogP contribution in [0.1, 0.15) is 35.8 Å². The number of carbonyl (C=O) groups excluding carboxylic acids is 1. The second-order valence-electron chi connectivity index (χ2n) is 4.79.